The van der Waals surface area contributed by atoms with Crippen LogP contribution in [0.15, 0.2) is 30.3 Å². The van der Waals surface area contributed by atoms with Crippen molar-refractivity contribution in [2.24, 2.45) is 0 Å². The van der Waals surface area contributed by atoms with Gasteiger partial charge in [-0.15, -0.1) is 5.10 Å². The molecule has 0 saturated heterocycles. The van der Waals surface area contributed by atoms with E-state index in [1.807, 2.05) is 30.3 Å². The zero-order valence-electron chi connectivity index (χ0n) is 12.7. The van der Waals surface area contributed by atoms with Crippen molar-refractivity contribution >= 4 is 5.97 Å². The van der Waals surface area contributed by atoms with Gasteiger partial charge in [-0.25, -0.2) is 4.68 Å². The molecule has 1 saturated carbocycles. The van der Waals surface area contributed by atoms with Gasteiger partial charge in [-0.05, 0) is 35.3 Å². The molecule has 0 bridgehead atoms. The number of carbonyl (C=O) groups excluding carboxylic acids is 1. The van der Waals surface area contributed by atoms with Crippen molar-refractivity contribution in [3.8, 4) is 0 Å². The Morgan fingerprint density at radius 2 is 2.09 bits per heavy atom. The number of rotatable bonds is 6. The van der Waals surface area contributed by atoms with Gasteiger partial charge in [-0.3, -0.25) is 4.79 Å². The molecule has 0 N–H and O–H groups in total. The number of nitrogens with zero attached hydrogens (tertiary/aromatic N) is 4. The summed E-state index contributed by atoms with van der Waals surface area (Å²) >= 11 is 0. The SMILES string of the molecule is CCCn1nnnc1COC(=O)C1(c2ccccc2)CCC1. The van der Waals surface area contributed by atoms with E-state index in [0.717, 1.165) is 37.8 Å². The predicted octanol–water partition coefficient (Wildman–Crippen LogP) is 2.25. The van der Waals surface area contributed by atoms with Crippen LogP contribution in [0.3, 0.4) is 0 Å². The normalized spacial score (nSPS) is 16.0. The van der Waals surface area contributed by atoms with E-state index in [1.54, 1.807) is 4.68 Å². The number of benzene rings is 1. The average molecular weight is 300 g/mol. The first-order chi connectivity index (χ1) is 10.8. The van der Waals surface area contributed by atoms with Crippen molar-refractivity contribution < 1.29 is 9.53 Å². The van der Waals surface area contributed by atoms with Crippen LogP contribution in [-0.2, 0) is 28.1 Å². The molecule has 6 heteroatoms. The van der Waals surface area contributed by atoms with Crippen molar-refractivity contribution in [3.05, 3.63) is 41.7 Å². The number of aryl methyl sites for hydroxylation is 1. The topological polar surface area (TPSA) is 69.9 Å². The van der Waals surface area contributed by atoms with Gasteiger partial charge in [0.2, 0.25) is 0 Å². The van der Waals surface area contributed by atoms with Crippen LogP contribution in [0.1, 0.15) is 44.0 Å². The second-order valence-corrected chi connectivity index (χ2v) is 5.70. The van der Waals surface area contributed by atoms with Crippen molar-refractivity contribution in [2.45, 2.75) is 51.2 Å². The van der Waals surface area contributed by atoms with Crippen LogP contribution < -0.4 is 0 Å². The molecule has 22 heavy (non-hydrogen) atoms. The highest BCUT2D eigenvalue weighted by Crippen LogP contribution is 2.44. The third-order valence-corrected chi connectivity index (χ3v) is 4.30. The number of tetrazole rings is 1. The molecule has 0 atom stereocenters. The van der Waals surface area contributed by atoms with Crippen LogP contribution in [0.4, 0.5) is 0 Å². The maximum Gasteiger partial charge on any atom is 0.317 e. The molecular formula is C16H20N4O2. The van der Waals surface area contributed by atoms with E-state index in [4.69, 9.17) is 4.74 Å². The average Bonchev–Trinajstić information content (AvgIpc) is 2.93. The highest BCUT2D eigenvalue weighted by molar-refractivity contribution is 5.84. The Morgan fingerprint density at radius 3 is 2.73 bits per heavy atom. The number of hydrogen-bond donors (Lipinski definition) is 0. The molecule has 1 aromatic heterocycles. The van der Waals surface area contributed by atoms with Crippen molar-refractivity contribution in [1.29, 1.82) is 0 Å². The number of ether oxygens (including phenoxy) is 1. The van der Waals surface area contributed by atoms with Crippen LogP contribution in [0.5, 0.6) is 0 Å². The summed E-state index contributed by atoms with van der Waals surface area (Å²) in [6.45, 7) is 2.90. The van der Waals surface area contributed by atoms with E-state index in [-0.39, 0.29) is 12.6 Å². The Kier molecular flexibility index (Phi) is 4.18. The predicted molar refractivity (Wildman–Crippen MR) is 79.9 cm³/mol. The maximum atomic E-state index is 12.6. The van der Waals surface area contributed by atoms with Crippen LogP contribution in [0, 0.1) is 0 Å². The zero-order valence-corrected chi connectivity index (χ0v) is 12.7. The molecule has 0 aliphatic heterocycles. The summed E-state index contributed by atoms with van der Waals surface area (Å²) in [5, 5.41) is 11.5. The smallest absolute Gasteiger partial charge is 0.317 e. The first-order valence-corrected chi connectivity index (χ1v) is 7.74. The molecule has 1 fully saturated rings. The number of aromatic nitrogens is 4. The minimum Gasteiger partial charge on any atom is -0.457 e. The molecule has 0 amide bonds. The van der Waals surface area contributed by atoms with Crippen molar-refractivity contribution in [3.63, 3.8) is 0 Å². The molecule has 0 spiro atoms. The van der Waals surface area contributed by atoms with E-state index in [2.05, 4.69) is 22.4 Å². The maximum absolute atomic E-state index is 12.6. The van der Waals surface area contributed by atoms with E-state index in [1.165, 1.54) is 0 Å². The lowest BCUT2D eigenvalue weighted by molar-refractivity contribution is -0.156. The molecular weight excluding hydrogens is 280 g/mol. The monoisotopic (exact) mass is 300 g/mol. The van der Waals surface area contributed by atoms with Gasteiger partial charge in [-0.1, -0.05) is 43.7 Å². The van der Waals surface area contributed by atoms with Crippen LogP contribution in [-0.4, -0.2) is 26.2 Å². The van der Waals surface area contributed by atoms with E-state index < -0.39 is 5.41 Å². The molecule has 1 heterocycles. The first-order valence-electron chi connectivity index (χ1n) is 7.74. The lowest BCUT2D eigenvalue weighted by Gasteiger charge is -2.39. The third kappa shape index (κ3) is 2.61. The van der Waals surface area contributed by atoms with E-state index >= 15 is 0 Å². The summed E-state index contributed by atoms with van der Waals surface area (Å²) < 4.78 is 7.22. The second-order valence-electron chi connectivity index (χ2n) is 5.70. The van der Waals surface area contributed by atoms with Crippen LogP contribution >= 0.6 is 0 Å². The Bertz CT molecular complexity index is 635. The lowest BCUT2D eigenvalue weighted by atomic mass is 9.64. The van der Waals surface area contributed by atoms with Gasteiger partial charge >= 0.3 is 5.97 Å². The van der Waals surface area contributed by atoms with Crippen LogP contribution in [0.2, 0.25) is 0 Å². The molecule has 0 radical (unpaired) electrons. The molecule has 1 aliphatic rings. The highest BCUT2D eigenvalue weighted by atomic mass is 16.5. The molecule has 6 nitrogen and oxygen atoms in total. The molecule has 116 valence electrons. The number of hydrogen-bond acceptors (Lipinski definition) is 5. The highest BCUT2D eigenvalue weighted by Gasteiger charge is 2.47. The Morgan fingerprint density at radius 1 is 1.32 bits per heavy atom. The summed E-state index contributed by atoms with van der Waals surface area (Å²) in [4.78, 5) is 12.6. The second kappa shape index (κ2) is 6.25. The van der Waals surface area contributed by atoms with Gasteiger partial charge in [0.1, 0.15) is 0 Å². The number of carbonyl (C=O) groups is 1. The fourth-order valence-corrected chi connectivity index (χ4v) is 2.88. The largest absolute Gasteiger partial charge is 0.457 e. The molecule has 3 rings (SSSR count). The fraction of sp³-hybridized carbons (Fsp3) is 0.500. The molecule has 2 aromatic rings. The minimum atomic E-state index is -0.482. The van der Waals surface area contributed by atoms with E-state index in [9.17, 15) is 4.79 Å². The Balaban J connectivity index is 1.70. The number of esters is 1. The fourth-order valence-electron chi connectivity index (χ4n) is 2.88. The van der Waals surface area contributed by atoms with Crippen molar-refractivity contribution in [2.75, 3.05) is 0 Å². The van der Waals surface area contributed by atoms with Gasteiger partial charge < -0.3 is 4.74 Å². The summed E-state index contributed by atoms with van der Waals surface area (Å²) in [5.74, 6) is 0.425. The zero-order chi connectivity index (χ0) is 15.4. The minimum absolute atomic E-state index is 0.125. The Labute approximate surface area is 129 Å². The van der Waals surface area contributed by atoms with Gasteiger partial charge in [0, 0.05) is 6.54 Å². The molecule has 1 aromatic carbocycles. The Hall–Kier alpha value is -2.24. The molecule has 0 unspecified atom stereocenters. The van der Waals surface area contributed by atoms with E-state index in [0.29, 0.717) is 5.82 Å². The van der Waals surface area contributed by atoms with Gasteiger partial charge in [0.15, 0.2) is 12.4 Å². The van der Waals surface area contributed by atoms with Gasteiger partial charge in [0.05, 0.1) is 5.41 Å². The summed E-state index contributed by atoms with van der Waals surface area (Å²) in [6, 6.07) is 9.89. The standard InChI is InChI=1S/C16H20N4O2/c1-2-11-20-14(17-18-19-20)12-22-15(21)16(9-6-10-16)13-7-4-3-5-8-13/h3-5,7-8H,2,6,9-12H2,1H3. The summed E-state index contributed by atoms with van der Waals surface area (Å²) in [6.07, 6.45) is 3.67. The lowest BCUT2D eigenvalue weighted by Crippen LogP contribution is -2.43. The quantitative estimate of drug-likeness (QED) is 0.765. The third-order valence-electron chi connectivity index (χ3n) is 4.30. The molecule has 1 aliphatic carbocycles. The van der Waals surface area contributed by atoms with Gasteiger partial charge in [-0.2, -0.15) is 0 Å². The summed E-state index contributed by atoms with van der Waals surface area (Å²) in [7, 11) is 0. The van der Waals surface area contributed by atoms with Gasteiger partial charge in [0.25, 0.3) is 0 Å². The van der Waals surface area contributed by atoms with Crippen molar-refractivity contribution in [1.82, 2.24) is 20.2 Å². The van der Waals surface area contributed by atoms with Crippen LogP contribution in [0.25, 0.3) is 0 Å². The first kappa shape index (κ1) is 14.7. The summed E-state index contributed by atoms with van der Waals surface area (Å²) in [5.41, 5.74) is 0.559.